The predicted molar refractivity (Wildman–Crippen MR) is 97.2 cm³/mol. The average Bonchev–Trinajstić information content (AvgIpc) is 2.89. The molecule has 0 aromatic heterocycles. The number of anilines is 1. The largest absolute Gasteiger partial charge is 0.424 e. The van der Waals surface area contributed by atoms with Crippen molar-refractivity contribution in [2.45, 2.75) is 12.8 Å². The summed E-state index contributed by atoms with van der Waals surface area (Å²) in [5.41, 5.74) is 3.38. The van der Waals surface area contributed by atoms with Gasteiger partial charge in [0.2, 0.25) is 5.91 Å². The van der Waals surface area contributed by atoms with Crippen molar-refractivity contribution in [2.75, 3.05) is 5.32 Å². The molecule has 2 aromatic carbocycles. The van der Waals surface area contributed by atoms with Crippen LogP contribution in [-0.2, 0) is 27.2 Å². The summed E-state index contributed by atoms with van der Waals surface area (Å²) >= 11 is 5.83. The molecule has 0 aliphatic carbocycles. The van der Waals surface area contributed by atoms with Crippen molar-refractivity contribution in [3.8, 4) is 0 Å². The number of esters is 1. The Morgan fingerprint density at radius 3 is 2.28 bits per heavy atom. The second-order valence-electron chi connectivity index (χ2n) is 5.74. The van der Waals surface area contributed by atoms with Crippen molar-refractivity contribution in [2.24, 2.45) is 0 Å². The standard InChI is InChI=1S/C20H16ClNO3/c1-13-16(12-20(24)25-13)10-14-4-8-18(9-5-14)22-19(23)11-15-2-6-17(21)7-3-15/h2-9,12H,1,10-11H2,(H,22,23). The highest BCUT2D eigenvalue weighted by atomic mass is 35.5. The minimum absolute atomic E-state index is 0.0963. The molecule has 0 atom stereocenters. The predicted octanol–water partition coefficient (Wildman–Crippen LogP) is 4.06. The molecule has 1 aliphatic heterocycles. The number of amides is 1. The summed E-state index contributed by atoms with van der Waals surface area (Å²) in [5.74, 6) is -0.0858. The Bertz CT molecular complexity index is 852. The number of hydrogen-bond donors (Lipinski definition) is 1. The molecule has 1 heterocycles. The minimum Gasteiger partial charge on any atom is -0.424 e. The van der Waals surface area contributed by atoms with Crippen LogP contribution in [0.2, 0.25) is 5.02 Å². The van der Waals surface area contributed by atoms with Crippen LogP contribution in [0.4, 0.5) is 5.69 Å². The number of hydrogen-bond acceptors (Lipinski definition) is 3. The summed E-state index contributed by atoms with van der Waals surface area (Å²) < 4.78 is 4.90. The molecule has 25 heavy (non-hydrogen) atoms. The fourth-order valence-electron chi connectivity index (χ4n) is 2.51. The van der Waals surface area contributed by atoms with Gasteiger partial charge in [0, 0.05) is 28.8 Å². The van der Waals surface area contributed by atoms with Gasteiger partial charge in [0.05, 0.1) is 6.42 Å². The van der Waals surface area contributed by atoms with Crippen LogP contribution in [0.3, 0.4) is 0 Å². The van der Waals surface area contributed by atoms with Crippen LogP contribution in [-0.4, -0.2) is 11.9 Å². The van der Waals surface area contributed by atoms with Gasteiger partial charge < -0.3 is 10.1 Å². The summed E-state index contributed by atoms with van der Waals surface area (Å²) in [6.07, 6.45) is 2.29. The van der Waals surface area contributed by atoms with Crippen molar-refractivity contribution < 1.29 is 14.3 Å². The van der Waals surface area contributed by atoms with Gasteiger partial charge in [-0.25, -0.2) is 4.79 Å². The number of rotatable bonds is 5. The molecule has 0 saturated carbocycles. The van der Waals surface area contributed by atoms with Gasteiger partial charge in [0.15, 0.2) is 0 Å². The van der Waals surface area contributed by atoms with Crippen molar-refractivity contribution >= 4 is 29.2 Å². The van der Waals surface area contributed by atoms with Gasteiger partial charge in [-0.2, -0.15) is 0 Å². The van der Waals surface area contributed by atoms with E-state index in [1.807, 2.05) is 36.4 Å². The third kappa shape index (κ3) is 4.58. The van der Waals surface area contributed by atoms with E-state index in [2.05, 4.69) is 11.9 Å². The third-order valence-electron chi connectivity index (χ3n) is 3.78. The summed E-state index contributed by atoms with van der Waals surface area (Å²) in [6, 6.07) is 14.6. The molecule has 0 radical (unpaired) electrons. The van der Waals surface area contributed by atoms with Gasteiger partial charge in [-0.1, -0.05) is 42.4 Å². The normalized spacial score (nSPS) is 13.4. The number of allylic oxidation sites excluding steroid dienone is 1. The van der Waals surface area contributed by atoms with Gasteiger partial charge >= 0.3 is 5.97 Å². The Kier molecular flexibility index (Phi) is 5.00. The lowest BCUT2D eigenvalue weighted by molar-refractivity contribution is -0.132. The summed E-state index contributed by atoms with van der Waals surface area (Å²) in [7, 11) is 0. The minimum atomic E-state index is -0.383. The number of carbonyl (C=O) groups excluding carboxylic acids is 2. The quantitative estimate of drug-likeness (QED) is 0.825. The molecule has 0 fully saturated rings. The number of cyclic esters (lactones) is 1. The zero-order valence-corrected chi connectivity index (χ0v) is 14.2. The molecule has 2 aromatic rings. The van der Waals surface area contributed by atoms with Crippen molar-refractivity contribution in [3.63, 3.8) is 0 Å². The van der Waals surface area contributed by atoms with Gasteiger partial charge in [-0.3, -0.25) is 4.79 Å². The maximum atomic E-state index is 12.1. The molecule has 0 unspecified atom stereocenters. The number of nitrogens with one attached hydrogen (secondary N) is 1. The molecule has 4 nitrogen and oxygen atoms in total. The first-order valence-corrected chi connectivity index (χ1v) is 8.12. The highest BCUT2D eigenvalue weighted by molar-refractivity contribution is 6.30. The molecule has 0 saturated heterocycles. The maximum absolute atomic E-state index is 12.1. The zero-order valence-electron chi connectivity index (χ0n) is 13.4. The second-order valence-corrected chi connectivity index (χ2v) is 6.18. The van der Waals surface area contributed by atoms with E-state index in [1.165, 1.54) is 6.08 Å². The maximum Gasteiger partial charge on any atom is 0.336 e. The van der Waals surface area contributed by atoms with E-state index in [0.29, 0.717) is 22.9 Å². The molecule has 1 N–H and O–H groups in total. The van der Waals surface area contributed by atoms with Crippen LogP contribution in [0.1, 0.15) is 11.1 Å². The molecule has 5 heteroatoms. The lowest BCUT2D eigenvalue weighted by Gasteiger charge is -2.07. The summed E-state index contributed by atoms with van der Waals surface area (Å²) in [5, 5.41) is 3.50. The van der Waals surface area contributed by atoms with Crippen molar-refractivity contribution in [1.29, 1.82) is 0 Å². The van der Waals surface area contributed by atoms with Gasteiger partial charge in [0.1, 0.15) is 5.76 Å². The smallest absolute Gasteiger partial charge is 0.336 e. The number of carbonyl (C=O) groups is 2. The lowest BCUT2D eigenvalue weighted by atomic mass is 10.0. The van der Waals surface area contributed by atoms with E-state index in [1.54, 1.807) is 12.1 Å². The summed E-state index contributed by atoms with van der Waals surface area (Å²) in [6.45, 7) is 3.71. The van der Waals surface area contributed by atoms with E-state index in [9.17, 15) is 9.59 Å². The Balaban J connectivity index is 1.58. The number of ether oxygens (including phenoxy) is 1. The Morgan fingerprint density at radius 1 is 1.04 bits per heavy atom. The van der Waals surface area contributed by atoms with E-state index >= 15 is 0 Å². The topological polar surface area (TPSA) is 55.4 Å². The third-order valence-corrected chi connectivity index (χ3v) is 4.04. The molecule has 3 rings (SSSR count). The number of benzene rings is 2. The van der Waals surface area contributed by atoms with E-state index in [4.69, 9.17) is 16.3 Å². The Hall–Kier alpha value is -2.85. The van der Waals surface area contributed by atoms with Crippen LogP contribution in [0.25, 0.3) is 0 Å². The lowest BCUT2D eigenvalue weighted by Crippen LogP contribution is -2.14. The highest BCUT2D eigenvalue weighted by Gasteiger charge is 2.18. The van der Waals surface area contributed by atoms with E-state index < -0.39 is 0 Å². The first-order chi connectivity index (χ1) is 12.0. The zero-order chi connectivity index (χ0) is 17.8. The highest BCUT2D eigenvalue weighted by Crippen LogP contribution is 2.22. The average molecular weight is 354 g/mol. The Labute approximate surface area is 150 Å². The molecular formula is C20H16ClNO3. The SMILES string of the molecule is C=C1OC(=O)C=C1Cc1ccc(NC(=O)Cc2ccc(Cl)cc2)cc1. The molecule has 0 bridgehead atoms. The van der Waals surface area contributed by atoms with Crippen molar-refractivity contribution in [1.82, 2.24) is 0 Å². The fraction of sp³-hybridized carbons (Fsp3) is 0.100. The van der Waals surface area contributed by atoms with Gasteiger partial charge in [0.25, 0.3) is 0 Å². The first-order valence-electron chi connectivity index (χ1n) is 7.74. The van der Waals surface area contributed by atoms with Gasteiger partial charge in [-0.05, 0) is 35.4 Å². The van der Waals surface area contributed by atoms with Crippen LogP contribution in [0.15, 0.2) is 72.5 Å². The summed E-state index contributed by atoms with van der Waals surface area (Å²) in [4.78, 5) is 23.3. The molecular weight excluding hydrogens is 338 g/mol. The van der Waals surface area contributed by atoms with Crippen LogP contribution < -0.4 is 5.32 Å². The van der Waals surface area contributed by atoms with Crippen LogP contribution >= 0.6 is 11.6 Å². The number of halogens is 1. The monoisotopic (exact) mass is 353 g/mol. The van der Waals surface area contributed by atoms with E-state index in [0.717, 1.165) is 16.7 Å². The molecule has 1 aliphatic rings. The fourth-order valence-corrected chi connectivity index (χ4v) is 2.63. The first kappa shape index (κ1) is 17.0. The molecule has 0 spiro atoms. The van der Waals surface area contributed by atoms with E-state index in [-0.39, 0.29) is 18.3 Å². The molecule has 126 valence electrons. The Morgan fingerprint density at radius 2 is 1.68 bits per heavy atom. The van der Waals surface area contributed by atoms with Crippen LogP contribution in [0, 0.1) is 0 Å². The van der Waals surface area contributed by atoms with Crippen LogP contribution in [0.5, 0.6) is 0 Å². The van der Waals surface area contributed by atoms with Gasteiger partial charge in [-0.15, -0.1) is 0 Å². The molecule has 1 amide bonds. The van der Waals surface area contributed by atoms with Crippen molar-refractivity contribution in [3.05, 3.63) is 88.7 Å². The second kappa shape index (κ2) is 7.36.